The van der Waals surface area contributed by atoms with E-state index < -0.39 is 5.25 Å². The number of benzene rings is 2. The van der Waals surface area contributed by atoms with Crippen molar-refractivity contribution in [1.82, 2.24) is 14.6 Å². The first-order valence-corrected chi connectivity index (χ1v) is 10.2. The number of rotatable bonds is 4. The molecule has 0 fully saturated rings. The average Bonchev–Trinajstić information content (AvgIpc) is 3.03. The number of anilines is 1. The van der Waals surface area contributed by atoms with Crippen LogP contribution in [0.1, 0.15) is 12.5 Å². The number of fused-ring (bicyclic) bond motifs is 3. The van der Waals surface area contributed by atoms with Gasteiger partial charge in [-0.2, -0.15) is 0 Å². The summed E-state index contributed by atoms with van der Waals surface area (Å²) in [6.07, 6.45) is 0. The highest BCUT2D eigenvalue weighted by molar-refractivity contribution is 8.00. The van der Waals surface area contributed by atoms with Crippen LogP contribution in [0.3, 0.4) is 0 Å². The normalized spacial score (nSPS) is 12.4. The van der Waals surface area contributed by atoms with Crippen LogP contribution in [0.25, 0.3) is 16.6 Å². The summed E-state index contributed by atoms with van der Waals surface area (Å²) in [5, 5.41) is 13.7. The smallest absolute Gasteiger partial charge is 0.237 e. The molecule has 1 amide bonds. The molecule has 1 atom stereocenters. The molecule has 4 rings (SSSR count). The van der Waals surface area contributed by atoms with Crippen LogP contribution in [0.15, 0.2) is 53.7 Å². The number of hydrogen-bond donors (Lipinski definition) is 1. The lowest BCUT2D eigenvalue weighted by molar-refractivity contribution is -0.115. The molecular weight excluding hydrogens is 415 g/mol. The van der Waals surface area contributed by atoms with Crippen molar-refractivity contribution in [1.29, 1.82) is 0 Å². The van der Waals surface area contributed by atoms with E-state index in [4.69, 9.17) is 23.2 Å². The third kappa shape index (κ3) is 3.68. The molecule has 0 aliphatic carbocycles. The molecule has 8 heteroatoms. The van der Waals surface area contributed by atoms with Crippen LogP contribution in [0.2, 0.25) is 10.0 Å². The van der Waals surface area contributed by atoms with Gasteiger partial charge < -0.3 is 5.32 Å². The van der Waals surface area contributed by atoms with E-state index in [0.717, 1.165) is 22.1 Å². The van der Waals surface area contributed by atoms with E-state index in [1.54, 1.807) is 18.2 Å². The summed E-state index contributed by atoms with van der Waals surface area (Å²) in [5.41, 5.74) is 3.46. The Morgan fingerprint density at radius 3 is 2.57 bits per heavy atom. The Bertz CT molecular complexity index is 1190. The minimum Gasteiger partial charge on any atom is -0.325 e. The number of thioether (sulfide) groups is 1. The predicted molar refractivity (Wildman–Crippen MR) is 116 cm³/mol. The van der Waals surface area contributed by atoms with E-state index >= 15 is 0 Å². The molecule has 0 saturated heterocycles. The average molecular weight is 431 g/mol. The highest BCUT2D eigenvalue weighted by Crippen LogP contribution is 2.29. The van der Waals surface area contributed by atoms with Crippen LogP contribution in [-0.2, 0) is 4.79 Å². The molecule has 2 aromatic heterocycles. The number of nitrogens with one attached hydrogen (secondary N) is 1. The summed E-state index contributed by atoms with van der Waals surface area (Å²) in [5.74, 6) is -0.170. The van der Waals surface area contributed by atoms with E-state index in [-0.39, 0.29) is 5.91 Å². The fourth-order valence-corrected chi connectivity index (χ4v) is 4.43. The third-order valence-corrected chi connectivity index (χ3v) is 5.83. The summed E-state index contributed by atoms with van der Waals surface area (Å²) in [7, 11) is 0. The predicted octanol–water partition coefficient (Wildman–Crippen LogP) is 5.62. The van der Waals surface area contributed by atoms with Crippen molar-refractivity contribution in [2.75, 3.05) is 5.32 Å². The van der Waals surface area contributed by atoms with Gasteiger partial charge in [0.05, 0.1) is 10.8 Å². The third-order valence-electron chi connectivity index (χ3n) is 4.36. The van der Waals surface area contributed by atoms with Crippen molar-refractivity contribution < 1.29 is 4.79 Å². The molecule has 2 aromatic carbocycles. The molecular formula is C20H16Cl2N4OS. The molecule has 142 valence electrons. The number of nitrogens with zero attached hydrogens (tertiary/aromatic N) is 3. The number of pyridine rings is 1. The molecule has 0 bridgehead atoms. The van der Waals surface area contributed by atoms with Crippen molar-refractivity contribution in [2.45, 2.75) is 24.3 Å². The standard InChI is InChI=1S/C20H16Cl2N4OS/c1-11-7-18-24-25-20(26(18)17-6-4-3-5-16(11)17)28-12(2)19(27)23-15-9-13(21)8-14(22)10-15/h3-10,12H,1-2H3,(H,23,27). The van der Waals surface area contributed by atoms with Gasteiger partial charge in [0.25, 0.3) is 0 Å². The molecule has 0 spiro atoms. The first-order chi connectivity index (χ1) is 13.4. The fraction of sp³-hybridized carbons (Fsp3) is 0.150. The van der Waals surface area contributed by atoms with Gasteiger partial charge in [-0.1, -0.05) is 53.2 Å². The highest BCUT2D eigenvalue weighted by atomic mass is 35.5. The Hall–Kier alpha value is -2.28. The largest absolute Gasteiger partial charge is 0.325 e. The second-order valence-electron chi connectivity index (χ2n) is 6.43. The summed E-state index contributed by atoms with van der Waals surface area (Å²) in [6, 6.07) is 15.0. The Balaban J connectivity index is 1.62. The summed E-state index contributed by atoms with van der Waals surface area (Å²) in [6.45, 7) is 3.87. The molecule has 1 unspecified atom stereocenters. The molecule has 0 radical (unpaired) electrons. The van der Waals surface area contributed by atoms with Crippen LogP contribution in [0.5, 0.6) is 0 Å². The molecule has 2 heterocycles. The van der Waals surface area contributed by atoms with Crippen LogP contribution in [-0.4, -0.2) is 25.8 Å². The van der Waals surface area contributed by atoms with Gasteiger partial charge in [0.1, 0.15) is 0 Å². The van der Waals surface area contributed by atoms with Gasteiger partial charge in [-0.15, -0.1) is 10.2 Å². The minimum atomic E-state index is -0.398. The lowest BCUT2D eigenvalue weighted by atomic mass is 10.1. The maximum atomic E-state index is 12.6. The Kier molecular flexibility index (Phi) is 5.19. The first kappa shape index (κ1) is 19.1. The van der Waals surface area contributed by atoms with Gasteiger partial charge in [0.2, 0.25) is 5.91 Å². The lowest BCUT2D eigenvalue weighted by Gasteiger charge is -2.12. The molecule has 0 aliphatic rings. The zero-order chi connectivity index (χ0) is 19.8. The number of carbonyl (C=O) groups excluding carboxylic acids is 1. The Labute approximate surface area is 176 Å². The van der Waals surface area contributed by atoms with E-state index in [0.29, 0.717) is 20.9 Å². The second kappa shape index (κ2) is 7.62. The zero-order valence-electron chi connectivity index (χ0n) is 15.1. The molecule has 5 nitrogen and oxygen atoms in total. The molecule has 1 N–H and O–H groups in total. The summed E-state index contributed by atoms with van der Waals surface area (Å²) < 4.78 is 1.98. The molecule has 0 saturated carbocycles. The minimum absolute atomic E-state index is 0.170. The van der Waals surface area contributed by atoms with Gasteiger partial charge in [0.15, 0.2) is 10.8 Å². The van der Waals surface area contributed by atoms with Crippen molar-refractivity contribution in [2.24, 2.45) is 0 Å². The van der Waals surface area contributed by atoms with Crippen molar-refractivity contribution in [3.8, 4) is 0 Å². The maximum absolute atomic E-state index is 12.6. The maximum Gasteiger partial charge on any atom is 0.237 e. The van der Waals surface area contributed by atoms with Gasteiger partial charge in [-0.3, -0.25) is 9.20 Å². The number of halogens is 2. The van der Waals surface area contributed by atoms with Crippen molar-refractivity contribution >= 4 is 63.1 Å². The number of amides is 1. The van der Waals surface area contributed by atoms with E-state index in [9.17, 15) is 4.79 Å². The van der Waals surface area contributed by atoms with E-state index in [1.165, 1.54) is 11.8 Å². The van der Waals surface area contributed by atoms with Gasteiger partial charge in [-0.05, 0) is 49.7 Å². The number of carbonyl (C=O) groups is 1. The summed E-state index contributed by atoms with van der Waals surface area (Å²) in [4.78, 5) is 12.6. The van der Waals surface area contributed by atoms with Crippen LogP contribution in [0, 0.1) is 6.92 Å². The highest BCUT2D eigenvalue weighted by Gasteiger charge is 2.19. The van der Waals surface area contributed by atoms with Gasteiger partial charge >= 0.3 is 0 Å². The first-order valence-electron chi connectivity index (χ1n) is 8.59. The van der Waals surface area contributed by atoms with E-state index in [1.807, 2.05) is 35.6 Å². The zero-order valence-corrected chi connectivity index (χ0v) is 17.4. The lowest BCUT2D eigenvalue weighted by Crippen LogP contribution is -2.22. The van der Waals surface area contributed by atoms with Crippen LogP contribution >= 0.6 is 35.0 Å². The SMILES string of the molecule is Cc1cc2nnc(SC(C)C(=O)Nc3cc(Cl)cc(Cl)c3)n2c2ccccc12. The second-order valence-corrected chi connectivity index (χ2v) is 8.61. The topological polar surface area (TPSA) is 59.3 Å². The van der Waals surface area contributed by atoms with Crippen LogP contribution < -0.4 is 5.32 Å². The monoisotopic (exact) mass is 430 g/mol. The fourth-order valence-electron chi connectivity index (χ4n) is 3.03. The Morgan fingerprint density at radius 2 is 1.82 bits per heavy atom. The van der Waals surface area contributed by atoms with Gasteiger partial charge in [-0.25, -0.2) is 0 Å². The molecule has 0 aliphatic heterocycles. The molecule has 4 aromatic rings. The number of aromatic nitrogens is 3. The Morgan fingerprint density at radius 1 is 1.11 bits per heavy atom. The van der Waals surface area contributed by atoms with Crippen LogP contribution in [0.4, 0.5) is 5.69 Å². The van der Waals surface area contributed by atoms with Gasteiger partial charge in [0, 0.05) is 21.1 Å². The quantitative estimate of drug-likeness (QED) is 0.427. The number of aryl methyl sites for hydroxylation is 1. The van der Waals surface area contributed by atoms with E-state index in [2.05, 4.69) is 28.5 Å². The van der Waals surface area contributed by atoms with Crippen molar-refractivity contribution in [3.63, 3.8) is 0 Å². The number of hydrogen-bond acceptors (Lipinski definition) is 4. The number of para-hydroxylation sites is 1. The van der Waals surface area contributed by atoms with Crippen molar-refractivity contribution in [3.05, 3.63) is 64.1 Å². The molecule has 28 heavy (non-hydrogen) atoms. The summed E-state index contributed by atoms with van der Waals surface area (Å²) >= 11 is 13.3.